The molecular weight excluding hydrogens is 316 g/mol. The second kappa shape index (κ2) is 6.37. The van der Waals surface area contributed by atoms with Gasteiger partial charge in [-0.15, -0.1) is 0 Å². The molecule has 0 radical (unpaired) electrons. The van der Waals surface area contributed by atoms with Gasteiger partial charge in [0.15, 0.2) is 0 Å². The van der Waals surface area contributed by atoms with Crippen LogP contribution in [-0.4, -0.2) is 16.0 Å². The van der Waals surface area contributed by atoms with Crippen molar-refractivity contribution in [1.29, 1.82) is 0 Å². The van der Waals surface area contributed by atoms with Gasteiger partial charge in [-0.25, -0.2) is 0 Å². The number of aliphatic hydroxyl groups excluding tert-OH is 1. The Bertz CT molecular complexity index is 1070. The summed E-state index contributed by atoms with van der Waals surface area (Å²) in [6, 6.07) is 15.6. The van der Waals surface area contributed by atoms with E-state index in [9.17, 15) is 9.90 Å². The molecule has 0 spiro atoms. The third-order valence-electron chi connectivity index (χ3n) is 4.17. The lowest BCUT2D eigenvalue weighted by atomic mass is 10.1. The Morgan fingerprint density at radius 2 is 2.00 bits per heavy atom. The highest BCUT2D eigenvalue weighted by Gasteiger charge is 2.12. The average Bonchev–Trinajstić information content (AvgIpc) is 3.05. The molecule has 4 aromatic rings. The highest BCUT2D eigenvalue weighted by atomic mass is 16.3. The SMILES string of the molecule is O=C(Cc1cc2c(ccc3ccccc32)o1)Nc1cnccc1CO. The Morgan fingerprint density at radius 1 is 1.12 bits per heavy atom. The monoisotopic (exact) mass is 332 g/mol. The van der Waals surface area contributed by atoms with Crippen molar-refractivity contribution in [3.63, 3.8) is 0 Å². The summed E-state index contributed by atoms with van der Waals surface area (Å²) in [5.41, 5.74) is 1.90. The van der Waals surface area contributed by atoms with E-state index in [0.717, 1.165) is 21.7 Å². The predicted molar refractivity (Wildman–Crippen MR) is 96.2 cm³/mol. The van der Waals surface area contributed by atoms with Crippen LogP contribution in [0.3, 0.4) is 0 Å². The van der Waals surface area contributed by atoms with E-state index in [1.54, 1.807) is 12.3 Å². The van der Waals surface area contributed by atoms with Crippen molar-refractivity contribution in [1.82, 2.24) is 4.98 Å². The number of nitrogens with zero attached hydrogens (tertiary/aromatic N) is 1. The Morgan fingerprint density at radius 3 is 2.88 bits per heavy atom. The van der Waals surface area contributed by atoms with Gasteiger partial charge in [-0.3, -0.25) is 9.78 Å². The van der Waals surface area contributed by atoms with E-state index < -0.39 is 0 Å². The van der Waals surface area contributed by atoms with Crippen LogP contribution in [0.2, 0.25) is 0 Å². The number of nitrogens with one attached hydrogen (secondary N) is 1. The summed E-state index contributed by atoms with van der Waals surface area (Å²) in [5, 5.41) is 15.3. The van der Waals surface area contributed by atoms with Crippen LogP contribution in [0.5, 0.6) is 0 Å². The number of fused-ring (bicyclic) bond motifs is 3. The fraction of sp³-hybridized carbons (Fsp3) is 0.100. The first-order chi connectivity index (χ1) is 12.2. The molecule has 2 N–H and O–H groups in total. The molecule has 0 unspecified atom stereocenters. The number of carbonyl (C=O) groups excluding carboxylic acids is 1. The number of hydrogen-bond donors (Lipinski definition) is 2. The minimum atomic E-state index is -0.217. The quantitative estimate of drug-likeness (QED) is 0.598. The van der Waals surface area contributed by atoms with E-state index >= 15 is 0 Å². The van der Waals surface area contributed by atoms with Crippen molar-refractivity contribution in [3.8, 4) is 0 Å². The summed E-state index contributed by atoms with van der Waals surface area (Å²) < 4.78 is 5.82. The number of hydrogen-bond acceptors (Lipinski definition) is 4. The molecule has 4 rings (SSSR count). The number of furan rings is 1. The topological polar surface area (TPSA) is 75.4 Å². The second-order valence-electron chi connectivity index (χ2n) is 5.83. The Kier molecular flexibility index (Phi) is 3.91. The number of aromatic nitrogens is 1. The molecule has 1 amide bonds. The third-order valence-corrected chi connectivity index (χ3v) is 4.17. The van der Waals surface area contributed by atoms with Crippen molar-refractivity contribution in [2.75, 3.05) is 5.32 Å². The van der Waals surface area contributed by atoms with Gasteiger partial charge in [0.2, 0.25) is 5.91 Å². The average molecular weight is 332 g/mol. The van der Waals surface area contributed by atoms with E-state index in [4.69, 9.17) is 4.42 Å². The van der Waals surface area contributed by atoms with Gasteiger partial charge in [-0.05, 0) is 29.0 Å². The molecule has 2 aromatic heterocycles. The number of carbonyl (C=O) groups is 1. The van der Waals surface area contributed by atoms with E-state index in [1.807, 2.05) is 42.5 Å². The molecule has 0 aliphatic heterocycles. The molecule has 25 heavy (non-hydrogen) atoms. The second-order valence-corrected chi connectivity index (χ2v) is 5.83. The standard InChI is InChI=1S/C20H16N2O3/c23-12-14-7-8-21-11-18(14)22-20(24)10-15-9-17-16-4-2-1-3-13(16)5-6-19(17)25-15/h1-9,11,23H,10,12H2,(H,22,24). The number of benzene rings is 2. The van der Waals surface area contributed by atoms with Gasteiger partial charge in [0, 0.05) is 17.1 Å². The third kappa shape index (κ3) is 2.97. The summed E-state index contributed by atoms with van der Waals surface area (Å²) in [4.78, 5) is 16.3. The lowest BCUT2D eigenvalue weighted by Gasteiger charge is -2.07. The largest absolute Gasteiger partial charge is 0.461 e. The zero-order valence-corrected chi connectivity index (χ0v) is 13.4. The lowest BCUT2D eigenvalue weighted by molar-refractivity contribution is -0.115. The molecule has 0 bridgehead atoms. The molecule has 0 fully saturated rings. The van der Waals surface area contributed by atoms with Crippen LogP contribution in [0.4, 0.5) is 5.69 Å². The van der Waals surface area contributed by atoms with Crippen LogP contribution in [-0.2, 0) is 17.8 Å². The normalized spacial score (nSPS) is 11.1. The van der Waals surface area contributed by atoms with Gasteiger partial charge in [0.05, 0.1) is 24.9 Å². The molecule has 2 aromatic carbocycles. The number of anilines is 1. The van der Waals surface area contributed by atoms with E-state index in [0.29, 0.717) is 17.0 Å². The summed E-state index contributed by atoms with van der Waals surface area (Å²) in [6.07, 6.45) is 3.21. The van der Waals surface area contributed by atoms with Gasteiger partial charge in [0.25, 0.3) is 0 Å². The van der Waals surface area contributed by atoms with Crippen molar-refractivity contribution in [2.45, 2.75) is 13.0 Å². The van der Waals surface area contributed by atoms with Gasteiger partial charge < -0.3 is 14.8 Å². The first-order valence-electron chi connectivity index (χ1n) is 7.98. The summed E-state index contributed by atoms with van der Waals surface area (Å²) >= 11 is 0. The lowest BCUT2D eigenvalue weighted by Crippen LogP contribution is -2.15. The van der Waals surface area contributed by atoms with E-state index in [-0.39, 0.29) is 18.9 Å². The van der Waals surface area contributed by atoms with Crippen LogP contribution in [0.25, 0.3) is 21.7 Å². The van der Waals surface area contributed by atoms with Crippen molar-refractivity contribution < 1.29 is 14.3 Å². The van der Waals surface area contributed by atoms with E-state index in [2.05, 4.69) is 10.3 Å². The minimum Gasteiger partial charge on any atom is -0.461 e. The zero-order valence-electron chi connectivity index (χ0n) is 13.4. The van der Waals surface area contributed by atoms with Crippen LogP contribution in [0, 0.1) is 0 Å². The van der Waals surface area contributed by atoms with E-state index in [1.165, 1.54) is 6.20 Å². The summed E-state index contributed by atoms with van der Waals surface area (Å²) in [7, 11) is 0. The van der Waals surface area contributed by atoms with Crippen LogP contribution < -0.4 is 5.32 Å². The fourth-order valence-electron chi connectivity index (χ4n) is 2.96. The molecule has 124 valence electrons. The summed E-state index contributed by atoms with van der Waals surface area (Å²) in [5.74, 6) is 0.379. The Hall–Kier alpha value is -3.18. The highest BCUT2D eigenvalue weighted by molar-refractivity contribution is 6.06. The van der Waals surface area contributed by atoms with Crippen molar-refractivity contribution in [3.05, 3.63) is 72.2 Å². The summed E-state index contributed by atoms with van der Waals surface area (Å²) in [6.45, 7) is -0.158. The van der Waals surface area contributed by atoms with Crippen molar-refractivity contribution in [2.24, 2.45) is 0 Å². The van der Waals surface area contributed by atoms with Crippen molar-refractivity contribution >= 4 is 33.3 Å². The number of aliphatic hydroxyl groups is 1. The van der Waals surface area contributed by atoms with Crippen LogP contribution >= 0.6 is 0 Å². The Balaban J connectivity index is 1.60. The first-order valence-corrected chi connectivity index (χ1v) is 7.98. The molecule has 5 nitrogen and oxygen atoms in total. The number of rotatable bonds is 4. The van der Waals surface area contributed by atoms with Gasteiger partial charge >= 0.3 is 0 Å². The number of amides is 1. The van der Waals surface area contributed by atoms with Crippen LogP contribution in [0.15, 0.2) is 65.3 Å². The maximum absolute atomic E-state index is 12.3. The minimum absolute atomic E-state index is 0.114. The molecule has 0 atom stereocenters. The molecule has 0 aliphatic rings. The molecule has 2 heterocycles. The fourth-order valence-corrected chi connectivity index (χ4v) is 2.96. The van der Waals surface area contributed by atoms with Gasteiger partial charge in [0.1, 0.15) is 11.3 Å². The van der Waals surface area contributed by atoms with Gasteiger partial charge in [-0.1, -0.05) is 30.3 Å². The first kappa shape index (κ1) is 15.4. The highest BCUT2D eigenvalue weighted by Crippen LogP contribution is 2.28. The molecular formula is C20H16N2O3. The zero-order chi connectivity index (χ0) is 17.2. The molecule has 0 saturated carbocycles. The maximum atomic E-state index is 12.3. The molecule has 0 saturated heterocycles. The smallest absolute Gasteiger partial charge is 0.232 e. The molecule has 5 heteroatoms. The number of pyridine rings is 1. The maximum Gasteiger partial charge on any atom is 0.232 e. The van der Waals surface area contributed by atoms with Crippen LogP contribution in [0.1, 0.15) is 11.3 Å². The predicted octanol–water partition coefficient (Wildman–Crippen LogP) is 3.65. The molecule has 0 aliphatic carbocycles. The Labute approximate surface area is 143 Å². The van der Waals surface area contributed by atoms with Gasteiger partial charge in [-0.2, -0.15) is 0 Å².